The van der Waals surface area contributed by atoms with Gasteiger partial charge in [-0.1, -0.05) is 0 Å². The number of morpholine rings is 1. The fraction of sp³-hybridized carbons (Fsp3) is 0.714. The number of sulfonamides is 1. The van der Waals surface area contributed by atoms with Crippen molar-refractivity contribution in [3.8, 4) is 0 Å². The molecule has 1 spiro atoms. The lowest BCUT2D eigenvalue weighted by Crippen LogP contribution is -2.59. The number of hydrogen-bond donors (Lipinski definition) is 0. The summed E-state index contributed by atoms with van der Waals surface area (Å²) in [5.74, 6) is 0.633. The largest absolute Gasteiger partial charge is 0.377 e. The molecule has 1 aromatic rings. The second kappa shape index (κ2) is 6.31. The Hall–Kier alpha value is -1.29. The molecule has 1 aromatic heterocycles. The van der Waals surface area contributed by atoms with Crippen LogP contribution in [0.5, 0.6) is 0 Å². The highest BCUT2D eigenvalue weighted by Crippen LogP contribution is 2.25. The van der Waals surface area contributed by atoms with Gasteiger partial charge in [0.15, 0.2) is 0 Å². The fourth-order valence-corrected chi connectivity index (χ4v) is 3.78. The van der Waals surface area contributed by atoms with E-state index in [0.717, 1.165) is 5.56 Å². The van der Waals surface area contributed by atoms with Gasteiger partial charge in [-0.15, -0.1) is 0 Å². The quantitative estimate of drug-likeness (QED) is 0.726. The Balaban J connectivity index is 1.81. The van der Waals surface area contributed by atoms with E-state index < -0.39 is 15.6 Å². The molecule has 0 aliphatic carbocycles. The molecule has 2 aliphatic heterocycles. The highest BCUT2D eigenvalue weighted by atomic mass is 32.2. The summed E-state index contributed by atoms with van der Waals surface area (Å²) in [5, 5.41) is 0. The van der Waals surface area contributed by atoms with Gasteiger partial charge in [0.25, 0.3) is 0 Å². The summed E-state index contributed by atoms with van der Waals surface area (Å²) in [5.41, 5.74) is 0.310. The van der Waals surface area contributed by atoms with E-state index >= 15 is 0 Å². The zero-order valence-corrected chi connectivity index (χ0v) is 14.3. The number of nitrogens with zero attached hydrogens (tertiary/aromatic N) is 4. The van der Waals surface area contributed by atoms with Crippen LogP contribution >= 0.6 is 0 Å². The van der Waals surface area contributed by atoms with Crippen molar-refractivity contribution in [1.82, 2.24) is 14.3 Å². The fourth-order valence-electron chi connectivity index (χ4n) is 2.90. The Bertz CT molecular complexity index is 651. The average molecular weight is 342 g/mol. The first-order valence-corrected chi connectivity index (χ1v) is 9.43. The Morgan fingerprint density at radius 1 is 1.17 bits per heavy atom. The van der Waals surface area contributed by atoms with E-state index in [-0.39, 0.29) is 6.54 Å². The number of ether oxygens (including phenoxy) is 2. The van der Waals surface area contributed by atoms with Crippen LogP contribution in [-0.4, -0.2) is 80.5 Å². The number of anilines is 1. The second-order valence-electron chi connectivity index (χ2n) is 6.16. The SMILES string of the molecule is Cc1cnc(N2CCOC3(COCCN(S(C)(=O)=O)C3)C2)nc1. The van der Waals surface area contributed by atoms with Crippen molar-refractivity contribution in [3.63, 3.8) is 0 Å². The van der Waals surface area contributed by atoms with Crippen molar-refractivity contribution in [2.75, 3.05) is 57.2 Å². The van der Waals surface area contributed by atoms with Crippen LogP contribution in [0.25, 0.3) is 0 Å². The molecule has 2 aliphatic rings. The molecular weight excluding hydrogens is 320 g/mol. The van der Waals surface area contributed by atoms with E-state index in [9.17, 15) is 8.42 Å². The highest BCUT2D eigenvalue weighted by Gasteiger charge is 2.42. The van der Waals surface area contributed by atoms with Crippen molar-refractivity contribution in [2.45, 2.75) is 12.5 Å². The molecule has 0 amide bonds. The predicted octanol–water partition coefficient (Wildman–Crippen LogP) is -0.348. The Kier molecular flexibility index (Phi) is 4.54. The number of hydrogen-bond acceptors (Lipinski definition) is 7. The third-order valence-corrected chi connectivity index (χ3v) is 5.33. The lowest BCUT2D eigenvalue weighted by atomic mass is 10.0. The third-order valence-electron chi connectivity index (χ3n) is 4.08. The molecule has 23 heavy (non-hydrogen) atoms. The number of aryl methyl sites for hydroxylation is 1. The molecular formula is C14H22N4O4S. The van der Waals surface area contributed by atoms with Crippen molar-refractivity contribution in [2.24, 2.45) is 0 Å². The summed E-state index contributed by atoms with van der Waals surface area (Å²) in [6, 6.07) is 0. The van der Waals surface area contributed by atoms with Crippen molar-refractivity contribution >= 4 is 16.0 Å². The second-order valence-corrected chi connectivity index (χ2v) is 8.15. The Morgan fingerprint density at radius 3 is 2.61 bits per heavy atom. The van der Waals surface area contributed by atoms with Gasteiger partial charge >= 0.3 is 0 Å². The molecule has 2 fully saturated rings. The van der Waals surface area contributed by atoms with Gasteiger partial charge < -0.3 is 14.4 Å². The van der Waals surface area contributed by atoms with Crippen LogP contribution in [0.15, 0.2) is 12.4 Å². The standard InChI is InChI=1S/C14H22N4O4S/c1-12-7-15-13(16-8-12)17-3-6-22-14(9-17)10-18(23(2,19)20)4-5-21-11-14/h7-8H,3-6,9-11H2,1-2H3. The van der Waals surface area contributed by atoms with E-state index in [4.69, 9.17) is 9.47 Å². The monoisotopic (exact) mass is 342 g/mol. The molecule has 0 saturated carbocycles. The normalized spacial score (nSPS) is 27.1. The topological polar surface area (TPSA) is 84.9 Å². The van der Waals surface area contributed by atoms with E-state index in [1.807, 2.05) is 11.8 Å². The summed E-state index contributed by atoms with van der Waals surface area (Å²) < 4.78 is 36.9. The smallest absolute Gasteiger partial charge is 0.225 e. The molecule has 8 nitrogen and oxygen atoms in total. The summed E-state index contributed by atoms with van der Waals surface area (Å²) in [6.07, 6.45) is 4.77. The third kappa shape index (κ3) is 3.79. The van der Waals surface area contributed by atoms with Crippen LogP contribution < -0.4 is 4.90 Å². The average Bonchev–Trinajstić information content (AvgIpc) is 2.71. The van der Waals surface area contributed by atoms with E-state index in [1.165, 1.54) is 10.6 Å². The van der Waals surface area contributed by atoms with Crippen LogP contribution in [0, 0.1) is 6.92 Å². The molecule has 2 saturated heterocycles. The van der Waals surface area contributed by atoms with E-state index in [2.05, 4.69) is 9.97 Å². The summed E-state index contributed by atoms with van der Waals surface area (Å²) in [6.45, 7) is 4.97. The molecule has 9 heteroatoms. The summed E-state index contributed by atoms with van der Waals surface area (Å²) in [7, 11) is -3.29. The van der Waals surface area contributed by atoms with Crippen LogP contribution in [0.4, 0.5) is 5.95 Å². The maximum absolute atomic E-state index is 11.9. The highest BCUT2D eigenvalue weighted by molar-refractivity contribution is 7.88. The van der Waals surface area contributed by atoms with Crippen molar-refractivity contribution in [3.05, 3.63) is 18.0 Å². The minimum atomic E-state index is -3.29. The Labute approximate surface area is 136 Å². The molecule has 0 bridgehead atoms. The van der Waals surface area contributed by atoms with E-state index in [1.54, 1.807) is 12.4 Å². The van der Waals surface area contributed by atoms with Gasteiger partial charge in [0, 0.05) is 32.0 Å². The van der Waals surface area contributed by atoms with Gasteiger partial charge in [-0.3, -0.25) is 0 Å². The first-order chi connectivity index (χ1) is 10.9. The maximum atomic E-state index is 11.9. The Morgan fingerprint density at radius 2 is 1.91 bits per heavy atom. The first kappa shape index (κ1) is 16.6. The zero-order chi connectivity index (χ0) is 16.5. The van der Waals surface area contributed by atoms with Gasteiger partial charge in [-0.05, 0) is 12.5 Å². The molecule has 1 unspecified atom stereocenters. The maximum Gasteiger partial charge on any atom is 0.225 e. The van der Waals surface area contributed by atoms with Crippen LogP contribution in [0.3, 0.4) is 0 Å². The minimum absolute atomic E-state index is 0.286. The molecule has 3 heterocycles. The molecule has 0 aromatic carbocycles. The van der Waals surface area contributed by atoms with E-state index in [0.29, 0.717) is 45.4 Å². The van der Waals surface area contributed by atoms with Gasteiger partial charge in [0.1, 0.15) is 5.60 Å². The lowest BCUT2D eigenvalue weighted by molar-refractivity contribution is -0.0956. The van der Waals surface area contributed by atoms with Gasteiger partial charge in [-0.25, -0.2) is 18.4 Å². The van der Waals surface area contributed by atoms with Gasteiger partial charge in [-0.2, -0.15) is 4.31 Å². The minimum Gasteiger partial charge on any atom is -0.377 e. The van der Waals surface area contributed by atoms with Gasteiger partial charge in [0.05, 0.1) is 32.6 Å². The predicted molar refractivity (Wildman–Crippen MR) is 84.9 cm³/mol. The molecule has 1 atom stereocenters. The molecule has 128 valence electrons. The first-order valence-electron chi connectivity index (χ1n) is 7.58. The van der Waals surface area contributed by atoms with Gasteiger partial charge in [0.2, 0.25) is 16.0 Å². The van der Waals surface area contributed by atoms with Crippen molar-refractivity contribution < 1.29 is 17.9 Å². The molecule has 0 radical (unpaired) electrons. The molecule has 0 N–H and O–H groups in total. The molecule has 3 rings (SSSR count). The van der Waals surface area contributed by atoms with Crippen LogP contribution in [0.1, 0.15) is 5.56 Å². The van der Waals surface area contributed by atoms with Crippen LogP contribution in [0.2, 0.25) is 0 Å². The number of rotatable bonds is 2. The number of aromatic nitrogens is 2. The summed E-state index contributed by atoms with van der Waals surface area (Å²) >= 11 is 0. The van der Waals surface area contributed by atoms with Crippen LogP contribution in [-0.2, 0) is 19.5 Å². The lowest BCUT2D eigenvalue weighted by Gasteiger charge is -2.42. The zero-order valence-electron chi connectivity index (χ0n) is 13.4. The van der Waals surface area contributed by atoms with Crippen molar-refractivity contribution in [1.29, 1.82) is 0 Å². The summed E-state index contributed by atoms with van der Waals surface area (Å²) in [4.78, 5) is 10.7.